The lowest BCUT2D eigenvalue weighted by molar-refractivity contribution is -0.121. The highest BCUT2D eigenvalue weighted by molar-refractivity contribution is 5.76. The molecule has 106 valence electrons. The molecule has 0 radical (unpaired) electrons. The van der Waals surface area contributed by atoms with Gasteiger partial charge in [-0.2, -0.15) is 0 Å². The molecule has 1 aliphatic rings. The molecule has 3 atom stereocenters. The van der Waals surface area contributed by atoms with Gasteiger partial charge in [-0.05, 0) is 38.6 Å². The standard InChI is InChI=1S/C14H29N3O/c1-3-11(2)17-14(18)8-9-16-13-7-5-4-6-12(13)10-15/h11-13,16H,3-10,15H2,1-2H3,(H,17,18). The first kappa shape index (κ1) is 15.4. The molecule has 4 N–H and O–H groups in total. The Hall–Kier alpha value is -0.610. The Labute approximate surface area is 111 Å². The second kappa shape index (κ2) is 8.48. The van der Waals surface area contributed by atoms with Crippen LogP contribution in [0.15, 0.2) is 0 Å². The van der Waals surface area contributed by atoms with Gasteiger partial charge in [0.1, 0.15) is 0 Å². The van der Waals surface area contributed by atoms with Crippen LogP contribution in [0.1, 0.15) is 52.4 Å². The highest BCUT2D eigenvalue weighted by Crippen LogP contribution is 2.23. The summed E-state index contributed by atoms with van der Waals surface area (Å²) in [5, 5.41) is 6.49. The summed E-state index contributed by atoms with van der Waals surface area (Å²) in [6.07, 6.45) is 6.57. The molecule has 0 heterocycles. The third kappa shape index (κ3) is 5.36. The Kier molecular flexibility index (Phi) is 7.28. The van der Waals surface area contributed by atoms with E-state index in [1.54, 1.807) is 0 Å². The van der Waals surface area contributed by atoms with E-state index < -0.39 is 0 Å². The lowest BCUT2D eigenvalue weighted by atomic mass is 9.84. The molecule has 18 heavy (non-hydrogen) atoms. The number of hydrogen-bond donors (Lipinski definition) is 3. The first-order valence-corrected chi connectivity index (χ1v) is 7.40. The van der Waals surface area contributed by atoms with Gasteiger partial charge in [0.2, 0.25) is 5.91 Å². The average molecular weight is 255 g/mol. The Morgan fingerprint density at radius 2 is 2.11 bits per heavy atom. The number of nitrogens with two attached hydrogens (primary N) is 1. The molecular formula is C14H29N3O. The van der Waals surface area contributed by atoms with E-state index in [1.807, 2.05) is 6.92 Å². The molecule has 0 aromatic rings. The second-order valence-corrected chi connectivity index (χ2v) is 5.47. The summed E-state index contributed by atoms with van der Waals surface area (Å²) in [5.74, 6) is 0.744. The number of carbonyl (C=O) groups excluding carboxylic acids is 1. The van der Waals surface area contributed by atoms with Crippen LogP contribution in [0.4, 0.5) is 0 Å². The van der Waals surface area contributed by atoms with Crippen LogP contribution in [0.25, 0.3) is 0 Å². The van der Waals surface area contributed by atoms with E-state index in [-0.39, 0.29) is 11.9 Å². The van der Waals surface area contributed by atoms with Gasteiger partial charge in [0.15, 0.2) is 0 Å². The molecule has 1 aliphatic carbocycles. The molecule has 3 unspecified atom stereocenters. The summed E-state index contributed by atoms with van der Waals surface area (Å²) in [6, 6.07) is 0.795. The average Bonchev–Trinajstić information content (AvgIpc) is 2.39. The maximum atomic E-state index is 11.6. The minimum Gasteiger partial charge on any atom is -0.354 e. The smallest absolute Gasteiger partial charge is 0.221 e. The number of hydrogen-bond acceptors (Lipinski definition) is 3. The molecule has 4 nitrogen and oxygen atoms in total. The van der Waals surface area contributed by atoms with Crippen LogP contribution in [-0.4, -0.2) is 31.1 Å². The molecule has 0 aliphatic heterocycles. The molecule has 1 fully saturated rings. The number of nitrogens with one attached hydrogen (secondary N) is 2. The van der Waals surface area contributed by atoms with Crippen LogP contribution in [0.2, 0.25) is 0 Å². The topological polar surface area (TPSA) is 67.2 Å². The maximum absolute atomic E-state index is 11.6. The Morgan fingerprint density at radius 1 is 1.39 bits per heavy atom. The molecule has 0 bridgehead atoms. The fourth-order valence-electron chi connectivity index (χ4n) is 2.58. The first-order chi connectivity index (χ1) is 8.67. The van der Waals surface area contributed by atoms with E-state index >= 15 is 0 Å². The van der Waals surface area contributed by atoms with Gasteiger partial charge in [-0.1, -0.05) is 19.8 Å². The summed E-state index contributed by atoms with van der Waals surface area (Å²) >= 11 is 0. The zero-order chi connectivity index (χ0) is 13.4. The van der Waals surface area contributed by atoms with Gasteiger partial charge < -0.3 is 16.4 Å². The second-order valence-electron chi connectivity index (χ2n) is 5.47. The van der Waals surface area contributed by atoms with Crippen molar-refractivity contribution < 1.29 is 4.79 Å². The molecule has 0 spiro atoms. The van der Waals surface area contributed by atoms with Crippen molar-refractivity contribution in [2.45, 2.75) is 64.5 Å². The molecule has 4 heteroatoms. The van der Waals surface area contributed by atoms with Crippen molar-refractivity contribution in [1.29, 1.82) is 0 Å². The van der Waals surface area contributed by atoms with Gasteiger partial charge in [-0.25, -0.2) is 0 Å². The van der Waals surface area contributed by atoms with Gasteiger partial charge in [0.25, 0.3) is 0 Å². The third-order valence-corrected chi connectivity index (χ3v) is 3.99. The molecular weight excluding hydrogens is 226 g/mol. The fraction of sp³-hybridized carbons (Fsp3) is 0.929. The zero-order valence-electron chi connectivity index (χ0n) is 11.9. The van der Waals surface area contributed by atoms with E-state index in [1.165, 1.54) is 25.7 Å². The van der Waals surface area contributed by atoms with Gasteiger partial charge in [-0.3, -0.25) is 4.79 Å². The van der Waals surface area contributed by atoms with Crippen molar-refractivity contribution in [2.75, 3.05) is 13.1 Å². The SMILES string of the molecule is CCC(C)NC(=O)CCNC1CCCCC1CN. The van der Waals surface area contributed by atoms with E-state index in [4.69, 9.17) is 5.73 Å². The summed E-state index contributed by atoms with van der Waals surface area (Å²) in [7, 11) is 0. The minimum absolute atomic E-state index is 0.150. The highest BCUT2D eigenvalue weighted by Gasteiger charge is 2.23. The molecule has 1 amide bonds. The Bertz CT molecular complexity index is 245. The van der Waals surface area contributed by atoms with Crippen LogP contribution in [0, 0.1) is 5.92 Å². The van der Waals surface area contributed by atoms with Crippen LogP contribution < -0.4 is 16.4 Å². The predicted molar refractivity (Wildman–Crippen MR) is 75.3 cm³/mol. The van der Waals surface area contributed by atoms with Crippen molar-refractivity contribution in [3.63, 3.8) is 0 Å². The first-order valence-electron chi connectivity index (χ1n) is 7.40. The molecule has 0 aromatic heterocycles. The third-order valence-electron chi connectivity index (χ3n) is 3.99. The largest absolute Gasteiger partial charge is 0.354 e. The van der Waals surface area contributed by atoms with Crippen molar-refractivity contribution in [2.24, 2.45) is 11.7 Å². The highest BCUT2D eigenvalue weighted by atomic mass is 16.1. The summed E-state index contributed by atoms with van der Waals surface area (Å²) in [6.45, 7) is 5.65. The normalized spacial score (nSPS) is 25.7. The zero-order valence-corrected chi connectivity index (χ0v) is 11.9. The maximum Gasteiger partial charge on any atom is 0.221 e. The van der Waals surface area contributed by atoms with Crippen LogP contribution in [-0.2, 0) is 4.79 Å². The Morgan fingerprint density at radius 3 is 2.78 bits per heavy atom. The summed E-state index contributed by atoms with van der Waals surface area (Å²) in [5.41, 5.74) is 5.79. The van der Waals surface area contributed by atoms with Crippen molar-refractivity contribution in [3.8, 4) is 0 Å². The fourth-order valence-corrected chi connectivity index (χ4v) is 2.58. The van der Waals surface area contributed by atoms with Crippen molar-refractivity contribution in [3.05, 3.63) is 0 Å². The van der Waals surface area contributed by atoms with Gasteiger partial charge in [-0.15, -0.1) is 0 Å². The quantitative estimate of drug-likeness (QED) is 0.644. The van der Waals surface area contributed by atoms with E-state index in [2.05, 4.69) is 17.6 Å². The van der Waals surface area contributed by atoms with Crippen LogP contribution >= 0.6 is 0 Å². The van der Waals surface area contributed by atoms with Gasteiger partial charge in [0, 0.05) is 25.0 Å². The van der Waals surface area contributed by atoms with Crippen LogP contribution in [0.3, 0.4) is 0 Å². The van der Waals surface area contributed by atoms with Crippen LogP contribution in [0.5, 0.6) is 0 Å². The number of carbonyl (C=O) groups is 1. The van der Waals surface area contributed by atoms with E-state index in [9.17, 15) is 4.79 Å². The Balaban J connectivity index is 2.17. The van der Waals surface area contributed by atoms with Gasteiger partial charge >= 0.3 is 0 Å². The lowest BCUT2D eigenvalue weighted by Crippen LogP contribution is -2.43. The molecule has 1 rings (SSSR count). The number of rotatable bonds is 7. The van der Waals surface area contributed by atoms with Crippen molar-refractivity contribution >= 4 is 5.91 Å². The predicted octanol–water partition coefficient (Wildman–Crippen LogP) is 1.40. The monoisotopic (exact) mass is 255 g/mol. The van der Waals surface area contributed by atoms with E-state index in [0.717, 1.165) is 19.5 Å². The molecule has 0 saturated heterocycles. The van der Waals surface area contributed by atoms with E-state index in [0.29, 0.717) is 18.4 Å². The summed E-state index contributed by atoms with van der Waals surface area (Å²) < 4.78 is 0. The summed E-state index contributed by atoms with van der Waals surface area (Å²) in [4.78, 5) is 11.6. The lowest BCUT2D eigenvalue weighted by Gasteiger charge is -2.31. The molecule has 0 aromatic carbocycles. The van der Waals surface area contributed by atoms with Gasteiger partial charge in [0.05, 0.1) is 0 Å². The van der Waals surface area contributed by atoms with Crippen molar-refractivity contribution in [1.82, 2.24) is 10.6 Å². The number of amides is 1. The molecule has 1 saturated carbocycles. The minimum atomic E-state index is 0.150.